The molecule has 2 aromatic carbocycles. The predicted molar refractivity (Wildman–Crippen MR) is 120 cm³/mol. The Labute approximate surface area is 184 Å². The van der Waals surface area contributed by atoms with Gasteiger partial charge in [0.25, 0.3) is 5.91 Å². The Bertz CT molecular complexity index is 1050. The van der Waals surface area contributed by atoms with Crippen molar-refractivity contribution in [3.8, 4) is 5.75 Å². The van der Waals surface area contributed by atoms with Crippen LogP contribution < -0.4 is 14.4 Å². The second-order valence-corrected chi connectivity index (χ2v) is 9.75. The Balaban J connectivity index is 1.39. The van der Waals surface area contributed by atoms with Gasteiger partial charge in [-0.15, -0.1) is 0 Å². The molecular formula is C23H29N3O4S. The van der Waals surface area contributed by atoms with Crippen LogP contribution >= 0.6 is 0 Å². The van der Waals surface area contributed by atoms with Crippen molar-refractivity contribution in [1.82, 2.24) is 9.62 Å². The molecule has 4 rings (SSSR count). The maximum Gasteiger partial charge on any atom is 0.257 e. The standard InChI is InChI=1S/C23H29N3O4S/c1-30-22-10-9-19(17-20(22)23(27)26-13-4-5-14-26)31(28,29)24-12-6-15-25-16-11-18-7-2-3-8-21(18)25/h2-3,7-10,17,24H,4-6,11-16H2,1H3. The summed E-state index contributed by atoms with van der Waals surface area (Å²) >= 11 is 0. The SMILES string of the molecule is COc1ccc(S(=O)(=O)NCCCN2CCc3ccccc32)cc1C(=O)N1CCCC1. The van der Waals surface area contributed by atoms with E-state index in [0.29, 0.717) is 37.4 Å². The van der Waals surface area contributed by atoms with Crippen LogP contribution in [0.15, 0.2) is 47.4 Å². The predicted octanol–water partition coefficient (Wildman–Crippen LogP) is 2.66. The number of rotatable bonds is 8. The van der Waals surface area contributed by atoms with Crippen LogP contribution in [0.3, 0.4) is 0 Å². The average molecular weight is 444 g/mol. The molecule has 1 fully saturated rings. The Morgan fingerprint density at radius 2 is 1.87 bits per heavy atom. The van der Waals surface area contributed by atoms with E-state index in [9.17, 15) is 13.2 Å². The minimum atomic E-state index is -3.72. The van der Waals surface area contributed by atoms with Crippen molar-refractivity contribution in [2.24, 2.45) is 0 Å². The first kappa shape index (κ1) is 21.6. The first-order chi connectivity index (χ1) is 15.0. The highest BCUT2D eigenvalue weighted by atomic mass is 32.2. The summed E-state index contributed by atoms with van der Waals surface area (Å²) < 4.78 is 33.6. The van der Waals surface area contributed by atoms with Gasteiger partial charge in [-0.05, 0) is 55.5 Å². The Morgan fingerprint density at radius 3 is 2.65 bits per heavy atom. The lowest BCUT2D eigenvalue weighted by molar-refractivity contribution is 0.0789. The van der Waals surface area contributed by atoms with Gasteiger partial charge in [0.15, 0.2) is 0 Å². The first-order valence-electron chi connectivity index (χ1n) is 10.8. The third kappa shape index (κ3) is 4.70. The highest BCUT2D eigenvalue weighted by Gasteiger charge is 2.25. The van der Waals surface area contributed by atoms with E-state index in [-0.39, 0.29) is 10.8 Å². The molecular weight excluding hydrogens is 414 g/mol. The number of amides is 1. The fraction of sp³-hybridized carbons (Fsp3) is 0.435. The van der Waals surface area contributed by atoms with Gasteiger partial charge in [0, 0.05) is 38.4 Å². The summed E-state index contributed by atoms with van der Waals surface area (Å²) in [5.41, 5.74) is 2.88. The molecule has 1 amide bonds. The second kappa shape index (κ2) is 9.28. The molecule has 0 spiro atoms. The van der Waals surface area contributed by atoms with Crippen LogP contribution in [0.4, 0.5) is 5.69 Å². The molecule has 166 valence electrons. The number of likely N-dealkylation sites (tertiary alicyclic amines) is 1. The van der Waals surface area contributed by atoms with E-state index >= 15 is 0 Å². The van der Waals surface area contributed by atoms with Gasteiger partial charge in [-0.2, -0.15) is 0 Å². The lowest BCUT2D eigenvalue weighted by Gasteiger charge is -2.19. The molecule has 0 saturated carbocycles. The number of carbonyl (C=O) groups excluding carboxylic acids is 1. The van der Waals surface area contributed by atoms with E-state index < -0.39 is 10.0 Å². The van der Waals surface area contributed by atoms with Crippen molar-refractivity contribution in [1.29, 1.82) is 0 Å². The van der Waals surface area contributed by atoms with Gasteiger partial charge < -0.3 is 14.5 Å². The monoisotopic (exact) mass is 443 g/mol. The first-order valence-corrected chi connectivity index (χ1v) is 12.3. The van der Waals surface area contributed by atoms with E-state index in [1.54, 1.807) is 11.0 Å². The number of hydrogen-bond acceptors (Lipinski definition) is 5. The molecule has 2 aliphatic heterocycles. The van der Waals surface area contributed by atoms with E-state index in [4.69, 9.17) is 4.74 Å². The van der Waals surface area contributed by atoms with Crippen LogP contribution in [0.1, 0.15) is 35.2 Å². The number of ether oxygens (including phenoxy) is 1. The van der Waals surface area contributed by atoms with E-state index in [1.165, 1.54) is 30.5 Å². The van der Waals surface area contributed by atoms with Crippen molar-refractivity contribution < 1.29 is 17.9 Å². The van der Waals surface area contributed by atoms with Crippen molar-refractivity contribution in [3.63, 3.8) is 0 Å². The molecule has 0 radical (unpaired) electrons. The molecule has 31 heavy (non-hydrogen) atoms. The van der Waals surface area contributed by atoms with Gasteiger partial charge in [0.1, 0.15) is 5.75 Å². The lowest BCUT2D eigenvalue weighted by atomic mass is 10.1. The highest BCUT2D eigenvalue weighted by molar-refractivity contribution is 7.89. The number of sulfonamides is 1. The van der Waals surface area contributed by atoms with Crippen LogP contribution in [0.25, 0.3) is 0 Å². The molecule has 2 aromatic rings. The summed E-state index contributed by atoms with van der Waals surface area (Å²) in [5, 5.41) is 0. The van der Waals surface area contributed by atoms with Gasteiger partial charge in [0.2, 0.25) is 10.0 Å². The van der Waals surface area contributed by atoms with E-state index in [0.717, 1.165) is 32.4 Å². The third-order valence-electron chi connectivity index (χ3n) is 5.99. The highest BCUT2D eigenvalue weighted by Crippen LogP contribution is 2.28. The van der Waals surface area contributed by atoms with Crippen LogP contribution in [-0.4, -0.2) is 59.1 Å². The Morgan fingerprint density at radius 1 is 1.10 bits per heavy atom. The topological polar surface area (TPSA) is 79.0 Å². The Hall–Kier alpha value is -2.58. The maximum absolute atomic E-state index is 12.8. The molecule has 7 nitrogen and oxygen atoms in total. The minimum absolute atomic E-state index is 0.0855. The average Bonchev–Trinajstić information content (AvgIpc) is 3.46. The number of methoxy groups -OCH3 is 1. The van der Waals surface area contributed by atoms with Gasteiger partial charge in [-0.1, -0.05) is 18.2 Å². The largest absolute Gasteiger partial charge is 0.496 e. The van der Waals surface area contributed by atoms with Crippen molar-refractivity contribution in [2.75, 3.05) is 44.7 Å². The molecule has 0 bridgehead atoms. The number of nitrogens with zero attached hydrogens (tertiary/aromatic N) is 2. The number of para-hydroxylation sites is 1. The summed E-state index contributed by atoms with van der Waals surface area (Å²) in [6.07, 6.45) is 3.66. The molecule has 0 aliphatic carbocycles. The molecule has 8 heteroatoms. The van der Waals surface area contributed by atoms with E-state index in [1.807, 2.05) is 12.1 Å². The Kier molecular flexibility index (Phi) is 6.48. The lowest BCUT2D eigenvalue weighted by Crippen LogP contribution is -2.30. The summed E-state index contributed by atoms with van der Waals surface area (Å²) in [6.45, 7) is 3.48. The smallest absolute Gasteiger partial charge is 0.257 e. The minimum Gasteiger partial charge on any atom is -0.496 e. The summed E-state index contributed by atoms with van der Waals surface area (Å²) in [7, 11) is -2.23. The number of anilines is 1. The summed E-state index contributed by atoms with van der Waals surface area (Å²) in [4.78, 5) is 17.0. The van der Waals surface area contributed by atoms with Crippen LogP contribution in [-0.2, 0) is 16.4 Å². The molecule has 0 unspecified atom stereocenters. The van der Waals surface area contributed by atoms with Crippen LogP contribution in [0.2, 0.25) is 0 Å². The third-order valence-corrected chi connectivity index (χ3v) is 7.44. The van der Waals surface area contributed by atoms with Crippen LogP contribution in [0.5, 0.6) is 5.75 Å². The number of fused-ring (bicyclic) bond motifs is 1. The van der Waals surface area contributed by atoms with Crippen molar-refractivity contribution >= 4 is 21.6 Å². The molecule has 0 aromatic heterocycles. The fourth-order valence-corrected chi connectivity index (χ4v) is 5.41. The van der Waals surface area contributed by atoms with Gasteiger partial charge in [-0.3, -0.25) is 4.79 Å². The zero-order chi connectivity index (χ0) is 21.8. The number of benzene rings is 2. The summed E-state index contributed by atoms with van der Waals surface area (Å²) in [6, 6.07) is 12.8. The van der Waals surface area contributed by atoms with Gasteiger partial charge in [-0.25, -0.2) is 13.1 Å². The number of hydrogen-bond donors (Lipinski definition) is 1. The second-order valence-electron chi connectivity index (χ2n) is 7.98. The zero-order valence-corrected chi connectivity index (χ0v) is 18.7. The molecule has 1 saturated heterocycles. The summed E-state index contributed by atoms with van der Waals surface area (Å²) in [5.74, 6) is 0.211. The quantitative estimate of drug-likeness (QED) is 0.635. The van der Waals surface area contributed by atoms with Crippen LogP contribution in [0, 0.1) is 0 Å². The van der Waals surface area contributed by atoms with Gasteiger partial charge >= 0.3 is 0 Å². The molecule has 2 aliphatic rings. The zero-order valence-electron chi connectivity index (χ0n) is 17.8. The molecule has 0 atom stereocenters. The number of carbonyl (C=O) groups is 1. The maximum atomic E-state index is 12.8. The molecule has 2 heterocycles. The molecule has 1 N–H and O–H groups in total. The fourth-order valence-electron chi connectivity index (χ4n) is 4.31. The van der Waals surface area contributed by atoms with Crippen molar-refractivity contribution in [3.05, 3.63) is 53.6 Å². The van der Waals surface area contributed by atoms with Gasteiger partial charge in [0.05, 0.1) is 17.6 Å². The number of nitrogens with one attached hydrogen (secondary N) is 1. The normalized spacial score (nSPS) is 15.9. The van der Waals surface area contributed by atoms with Crippen molar-refractivity contribution in [2.45, 2.75) is 30.6 Å². The van der Waals surface area contributed by atoms with E-state index in [2.05, 4.69) is 21.8 Å².